The SMILES string of the molecule is CC(C)C1=C2[C@H]3CC[C@@H]4[C@@]5(C)CC[C@H](O)C(C)(C)[C@@H]5CC[C@@]4(C)[C@]3(C)CC[C@@]2(C=CC(=O)O)CC1. The van der Waals surface area contributed by atoms with Gasteiger partial charge in [-0.15, -0.1) is 0 Å². The molecule has 196 valence electrons. The molecule has 0 amide bonds. The van der Waals surface area contributed by atoms with Gasteiger partial charge in [0.15, 0.2) is 0 Å². The fraction of sp³-hybridized carbons (Fsp3) is 0.844. The second kappa shape index (κ2) is 7.95. The summed E-state index contributed by atoms with van der Waals surface area (Å²) in [4.78, 5) is 11.6. The van der Waals surface area contributed by atoms with Crippen molar-refractivity contribution in [2.75, 3.05) is 0 Å². The second-order valence-corrected chi connectivity index (χ2v) is 14.9. The van der Waals surface area contributed by atoms with Crippen LogP contribution in [0.15, 0.2) is 23.3 Å². The zero-order valence-corrected chi connectivity index (χ0v) is 23.4. The van der Waals surface area contributed by atoms with Gasteiger partial charge >= 0.3 is 5.97 Å². The molecule has 0 saturated heterocycles. The standard InChI is InChI=1S/C32H50O3/c1-20(2)21-10-16-32(17-13-26(34)35)19-18-30(6)22(27(21)32)8-9-24-29(5)14-12-25(33)28(3,4)23(29)11-15-31(24,30)7/h13,17,20,22-25,33H,8-12,14-16,18-19H2,1-7H3,(H,34,35)/t22-,23+,24-,25+,29+,30-,31-,32+/m1/s1. The lowest BCUT2D eigenvalue weighted by Crippen LogP contribution is -2.65. The first-order valence-corrected chi connectivity index (χ1v) is 14.6. The molecule has 0 heterocycles. The van der Waals surface area contributed by atoms with Crippen LogP contribution >= 0.6 is 0 Å². The van der Waals surface area contributed by atoms with Crippen LogP contribution in [0.5, 0.6) is 0 Å². The number of rotatable bonds is 3. The van der Waals surface area contributed by atoms with Crippen LogP contribution < -0.4 is 0 Å². The molecular formula is C32H50O3. The summed E-state index contributed by atoms with van der Waals surface area (Å²) in [5.74, 6) is 1.59. The van der Waals surface area contributed by atoms with Crippen molar-refractivity contribution in [2.24, 2.45) is 50.7 Å². The average molecular weight is 483 g/mol. The van der Waals surface area contributed by atoms with Crippen molar-refractivity contribution in [1.82, 2.24) is 0 Å². The lowest BCUT2D eigenvalue weighted by Gasteiger charge is -2.72. The molecule has 0 spiro atoms. The minimum absolute atomic E-state index is 0.00573. The summed E-state index contributed by atoms with van der Waals surface area (Å²) >= 11 is 0. The molecule has 5 rings (SSSR count). The number of aliphatic carboxylic acids is 1. The van der Waals surface area contributed by atoms with Gasteiger partial charge in [-0.3, -0.25) is 0 Å². The van der Waals surface area contributed by atoms with Crippen LogP contribution in [0.25, 0.3) is 0 Å². The Balaban J connectivity index is 1.58. The number of carboxylic acid groups (broad SMARTS) is 1. The van der Waals surface area contributed by atoms with Crippen molar-refractivity contribution in [1.29, 1.82) is 0 Å². The molecule has 4 saturated carbocycles. The highest BCUT2D eigenvalue weighted by molar-refractivity contribution is 5.80. The molecule has 0 aliphatic heterocycles. The predicted octanol–water partition coefficient (Wildman–Crippen LogP) is 7.79. The summed E-state index contributed by atoms with van der Waals surface area (Å²) in [7, 11) is 0. The Morgan fingerprint density at radius 1 is 0.886 bits per heavy atom. The van der Waals surface area contributed by atoms with Crippen molar-refractivity contribution < 1.29 is 15.0 Å². The molecule has 0 aromatic carbocycles. The lowest BCUT2D eigenvalue weighted by atomic mass is 9.33. The molecule has 5 aliphatic rings. The number of allylic oxidation sites excluding steroid dienone is 3. The first-order valence-electron chi connectivity index (χ1n) is 14.6. The monoisotopic (exact) mass is 482 g/mol. The van der Waals surface area contributed by atoms with Gasteiger partial charge in [0, 0.05) is 11.5 Å². The van der Waals surface area contributed by atoms with E-state index < -0.39 is 5.97 Å². The molecule has 0 unspecified atom stereocenters. The van der Waals surface area contributed by atoms with Crippen LogP contribution in [0.2, 0.25) is 0 Å². The van der Waals surface area contributed by atoms with E-state index in [-0.39, 0.29) is 22.3 Å². The van der Waals surface area contributed by atoms with E-state index in [2.05, 4.69) is 54.5 Å². The van der Waals surface area contributed by atoms with Crippen LogP contribution in [-0.2, 0) is 4.79 Å². The first-order chi connectivity index (χ1) is 16.2. The molecule has 35 heavy (non-hydrogen) atoms. The van der Waals surface area contributed by atoms with Crippen LogP contribution in [-0.4, -0.2) is 22.3 Å². The summed E-state index contributed by atoms with van der Waals surface area (Å²) in [5, 5.41) is 20.4. The van der Waals surface area contributed by atoms with Crippen molar-refractivity contribution in [3.05, 3.63) is 23.3 Å². The third-order valence-corrected chi connectivity index (χ3v) is 13.2. The van der Waals surface area contributed by atoms with Gasteiger partial charge in [-0.1, -0.05) is 65.7 Å². The summed E-state index contributed by atoms with van der Waals surface area (Å²) in [6.07, 6.45) is 15.0. The van der Waals surface area contributed by atoms with Crippen LogP contribution in [0.3, 0.4) is 0 Å². The Hall–Kier alpha value is -1.09. The Labute approximate surface area is 213 Å². The fourth-order valence-corrected chi connectivity index (χ4v) is 11.2. The smallest absolute Gasteiger partial charge is 0.328 e. The summed E-state index contributed by atoms with van der Waals surface area (Å²) < 4.78 is 0. The van der Waals surface area contributed by atoms with Gasteiger partial charge in [-0.2, -0.15) is 0 Å². The van der Waals surface area contributed by atoms with E-state index in [1.54, 1.807) is 11.1 Å². The molecule has 0 aromatic heterocycles. The molecule has 0 radical (unpaired) electrons. The highest BCUT2D eigenvalue weighted by Gasteiger charge is 2.69. The van der Waals surface area contributed by atoms with E-state index in [1.165, 1.54) is 38.2 Å². The Kier molecular flexibility index (Phi) is 5.81. The molecule has 3 heteroatoms. The summed E-state index contributed by atoms with van der Waals surface area (Å²) in [6, 6.07) is 0. The van der Waals surface area contributed by atoms with Crippen molar-refractivity contribution >= 4 is 5.97 Å². The number of hydrogen-bond donors (Lipinski definition) is 2. The normalized spacial score (nSPS) is 48.9. The summed E-state index contributed by atoms with van der Waals surface area (Å²) in [6.45, 7) is 17.2. The summed E-state index contributed by atoms with van der Waals surface area (Å²) in [5.41, 5.74) is 4.10. The topological polar surface area (TPSA) is 57.5 Å². The van der Waals surface area contributed by atoms with Crippen molar-refractivity contribution in [3.63, 3.8) is 0 Å². The van der Waals surface area contributed by atoms with E-state index in [0.29, 0.717) is 34.5 Å². The number of aliphatic hydroxyl groups excluding tert-OH is 1. The van der Waals surface area contributed by atoms with E-state index in [4.69, 9.17) is 0 Å². The van der Waals surface area contributed by atoms with Gasteiger partial charge in [0.2, 0.25) is 0 Å². The minimum atomic E-state index is -0.811. The highest BCUT2D eigenvalue weighted by Crippen LogP contribution is 2.76. The Bertz CT molecular complexity index is 958. The van der Waals surface area contributed by atoms with Gasteiger partial charge in [-0.25, -0.2) is 4.79 Å². The minimum Gasteiger partial charge on any atom is -0.478 e. The van der Waals surface area contributed by atoms with Crippen molar-refractivity contribution in [3.8, 4) is 0 Å². The number of aliphatic hydroxyl groups is 1. The predicted molar refractivity (Wildman–Crippen MR) is 142 cm³/mol. The molecular weight excluding hydrogens is 432 g/mol. The number of carboxylic acids is 1. The van der Waals surface area contributed by atoms with Gasteiger partial charge in [0.25, 0.3) is 0 Å². The highest BCUT2D eigenvalue weighted by atomic mass is 16.4. The van der Waals surface area contributed by atoms with E-state index >= 15 is 0 Å². The van der Waals surface area contributed by atoms with Crippen LogP contribution in [0, 0.1) is 50.7 Å². The maximum absolute atomic E-state index is 11.6. The third kappa shape index (κ3) is 3.28. The molecule has 2 N–H and O–H groups in total. The number of carbonyl (C=O) groups is 1. The van der Waals surface area contributed by atoms with Gasteiger partial charge < -0.3 is 10.2 Å². The van der Waals surface area contributed by atoms with Gasteiger partial charge in [0.05, 0.1) is 6.10 Å². The average Bonchev–Trinajstić information content (AvgIpc) is 3.16. The quantitative estimate of drug-likeness (QED) is 0.319. The fourth-order valence-electron chi connectivity index (χ4n) is 11.2. The van der Waals surface area contributed by atoms with Gasteiger partial charge in [-0.05, 0) is 110 Å². The first kappa shape index (κ1) is 25.6. The molecule has 8 atom stereocenters. The Morgan fingerprint density at radius 2 is 1.60 bits per heavy atom. The Morgan fingerprint density at radius 3 is 2.26 bits per heavy atom. The molecule has 4 fully saturated rings. The zero-order valence-electron chi connectivity index (χ0n) is 23.4. The van der Waals surface area contributed by atoms with Crippen molar-refractivity contribution in [2.45, 2.75) is 119 Å². The zero-order chi connectivity index (χ0) is 25.6. The van der Waals surface area contributed by atoms with Crippen LogP contribution in [0.4, 0.5) is 0 Å². The third-order valence-electron chi connectivity index (χ3n) is 13.2. The van der Waals surface area contributed by atoms with Gasteiger partial charge in [0.1, 0.15) is 0 Å². The molecule has 5 aliphatic carbocycles. The largest absolute Gasteiger partial charge is 0.478 e. The molecule has 0 aromatic rings. The number of hydrogen-bond acceptors (Lipinski definition) is 2. The lowest BCUT2D eigenvalue weighted by molar-refractivity contribution is -0.227. The molecule has 0 bridgehead atoms. The second-order valence-electron chi connectivity index (χ2n) is 14.9. The van der Waals surface area contributed by atoms with E-state index in [0.717, 1.165) is 32.1 Å². The van der Waals surface area contributed by atoms with Crippen LogP contribution in [0.1, 0.15) is 113 Å². The number of fused-ring (bicyclic) bond motifs is 7. The van der Waals surface area contributed by atoms with E-state index in [1.807, 2.05) is 0 Å². The maximum atomic E-state index is 11.6. The molecule has 3 nitrogen and oxygen atoms in total. The van der Waals surface area contributed by atoms with E-state index in [9.17, 15) is 15.0 Å². The maximum Gasteiger partial charge on any atom is 0.328 e.